The van der Waals surface area contributed by atoms with Gasteiger partial charge in [0.15, 0.2) is 0 Å². The highest BCUT2D eigenvalue weighted by molar-refractivity contribution is 5.14. The molecule has 1 saturated carbocycles. The Morgan fingerprint density at radius 2 is 2.05 bits per heavy atom. The van der Waals surface area contributed by atoms with Gasteiger partial charge in [0.1, 0.15) is 0 Å². The molecule has 0 aromatic heterocycles. The minimum absolute atomic E-state index is 0.712. The molecule has 2 nitrogen and oxygen atoms in total. The number of aryl methyl sites for hydroxylation is 1. The van der Waals surface area contributed by atoms with Gasteiger partial charge in [0.25, 0.3) is 0 Å². The van der Waals surface area contributed by atoms with Crippen molar-refractivity contribution in [3.63, 3.8) is 0 Å². The van der Waals surface area contributed by atoms with Crippen LogP contribution < -0.4 is 5.32 Å². The lowest BCUT2D eigenvalue weighted by Crippen LogP contribution is -2.54. The van der Waals surface area contributed by atoms with Crippen molar-refractivity contribution in [2.75, 3.05) is 19.6 Å². The number of piperazine rings is 1. The molecule has 1 aliphatic carbocycles. The normalized spacial score (nSPS) is 26.3. The van der Waals surface area contributed by atoms with Gasteiger partial charge in [-0.25, -0.2) is 0 Å². The smallest absolute Gasteiger partial charge is 0.0223 e. The Kier molecular flexibility index (Phi) is 4.19. The molecular weight excluding hydrogens is 232 g/mol. The van der Waals surface area contributed by atoms with Gasteiger partial charge in [-0.3, -0.25) is 4.90 Å². The molecule has 0 bridgehead atoms. The van der Waals surface area contributed by atoms with Gasteiger partial charge in [-0.2, -0.15) is 0 Å². The fourth-order valence-electron chi connectivity index (χ4n) is 3.22. The summed E-state index contributed by atoms with van der Waals surface area (Å²) in [6.07, 6.45) is 5.38. The zero-order valence-corrected chi connectivity index (χ0v) is 12.0. The van der Waals surface area contributed by atoms with Gasteiger partial charge in [-0.1, -0.05) is 30.3 Å². The third-order valence-corrected chi connectivity index (χ3v) is 4.74. The molecular formula is C17H26N2. The molecule has 3 rings (SSSR count). The summed E-state index contributed by atoms with van der Waals surface area (Å²) in [5.41, 5.74) is 1.48. The van der Waals surface area contributed by atoms with Gasteiger partial charge in [0, 0.05) is 31.7 Å². The van der Waals surface area contributed by atoms with E-state index in [-0.39, 0.29) is 0 Å². The molecule has 1 saturated heterocycles. The van der Waals surface area contributed by atoms with Crippen LogP contribution in [-0.2, 0) is 6.42 Å². The molecule has 1 aliphatic heterocycles. The Bertz CT molecular complexity index is 386. The average molecular weight is 258 g/mol. The van der Waals surface area contributed by atoms with E-state index in [0.717, 1.165) is 12.0 Å². The second-order valence-corrected chi connectivity index (χ2v) is 6.27. The molecule has 2 atom stereocenters. The number of nitrogens with one attached hydrogen (secondary N) is 1. The van der Waals surface area contributed by atoms with E-state index < -0.39 is 0 Å². The second kappa shape index (κ2) is 6.06. The molecule has 1 N–H and O–H groups in total. The number of nitrogens with zero attached hydrogens (tertiary/aromatic N) is 1. The predicted octanol–water partition coefficient (Wildman–Crippen LogP) is 2.69. The van der Waals surface area contributed by atoms with Gasteiger partial charge in [0.2, 0.25) is 0 Å². The Morgan fingerprint density at radius 3 is 2.79 bits per heavy atom. The maximum atomic E-state index is 3.70. The highest BCUT2D eigenvalue weighted by Gasteiger charge is 2.34. The van der Waals surface area contributed by atoms with Gasteiger partial charge < -0.3 is 5.32 Å². The first kappa shape index (κ1) is 13.1. The third-order valence-electron chi connectivity index (χ3n) is 4.74. The van der Waals surface area contributed by atoms with Crippen LogP contribution in [0.25, 0.3) is 0 Å². The SMILES string of the molecule is CC(CCc1ccccc1)N1CCNC(C2CC2)C1. The van der Waals surface area contributed by atoms with E-state index in [9.17, 15) is 0 Å². The third kappa shape index (κ3) is 3.58. The monoisotopic (exact) mass is 258 g/mol. The van der Waals surface area contributed by atoms with E-state index in [4.69, 9.17) is 0 Å². The van der Waals surface area contributed by atoms with Crippen molar-refractivity contribution in [1.29, 1.82) is 0 Å². The van der Waals surface area contributed by atoms with Crippen LogP contribution in [0.1, 0.15) is 31.7 Å². The van der Waals surface area contributed by atoms with Crippen molar-refractivity contribution >= 4 is 0 Å². The minimum atomic E-state index is 0.712. The van der Waals surface area contributed by atoms with E-state index in [1.54, 1.807) is 0 Å². The summed E-state index contributed by atoms with van der Waals surface area (Å²) in [6, 6.07) is 12.4. The Labute approximate surface area is 117 Å². The quantitative estimate of drug-likeness (QED) is 0.873. The summed E-state index contributed by atoms with van der Waals surface area (Å²) in [5, 5.41) is 3.70. The summed E-state index contributed by atoms with van der Waals surface area (Å²) in [5.74, 6) is 0.976. The van der Waals surface area contributed by atoms with E-state index in [1.807, 2.05) is 0 Å². The van der Waals surface area contributed by atoms with Gasteiger partial charge in [-0.15, -0.1) is 0 Å². The summed E-state index contributed by atoms with van der Waals surface area (Å²) < 4.78 is 0. The molecule has 19 heavy (non-hydrogen) atoms. The van der Waals surface area contributed by atoms with Crippen LogP contribution in [0.15, 0.2) is 30.3 Å². The topological polar surface area (TPSA) is 15.3 Å². The molecule has 2 unspecified atom stereocenters. The molecule has 0 radical (unpaired) electrons. The van der Waals surface area contributed by atoms with Crippen molar-refractivity contribution in [3.8, 4) is 0 Å². The summed E-state index contributed by atoms with van der Waals surface area (Å²) in [6.45, 7) is 6.06. The van der Waals surface area contributed by atoms with Crippen LogP contribution in [0.4, 0.5) is 0 Å². The standard InChI is InChI=1S/C17H26N2/c1-14(7-8-15-5-3-2-4-6-15)19-12-11-18-17(13-19)16-9-10-16/h2-6,14,16-18H,7-13H2,1H3. The van der Waals surface area contributed by atoms with E-state index in [1.165, 1.54) is 50.9 Å². The van der Waals surface area contributed by atoms with Gasteiger partial charge >= 0.3 is 0 Å². The van der Waals surface area contributed by atoms with Crippen molar-refractivity contribution < 1.29 is 0 Å². The van der Waals surface area contributed by atoms with Crippen molar-refractivity contribution in [2.45, 2.75) is 44.7 Å². The Balaban J connectivity index is 1.48. The van der Waals surface area contributed by atoms with Crippen LogP contribution in [0, 0.1) is 5.92 Å². The predicted molar refractivity (Wildman–Crippen MR) is 80.3 cm³/mol. The van der Waals surface area contributed by atoms with E-state index in [2.05, 4.69) is 47.5 Å². The molecule has 0 amide bonds. The maximum absolute atomic E-state index is 3.70. The highest BCUT2D eigenvalue weighted by Crippen LogP contribution is 2.34. The minimum Gasteiger partial charge on any atom is -0.311 e. The molecule has 2 fully saturated rings. The lowest BCUT2D eigenvalue weighted by molar-refractivity contribution is 0.139. The largest absolute Gasteiger partial charge is 0.311 e. The van der Waals surface area contributed by atoms with E-state index in [0.29, 0.717) is 6.04 Å². The lowest BCUT2D eigenvalue weighted by Gasteiger charge is -2.37. The van der Waals surface area contributed by atoms with Crippen molar-refractivity contribution in [1.82, 2.24) is 10.2 Å². The first-order valence-electron chi connectivity index (χ1n) is 7.84. The summed E-state index contributed by atoms with van der Waals surface area (Å²) in [7, 11) is 0. The van der Waals surface area contributed by atoms with Crippen LogP contribution in [0.5, 0.6) is 0 Å². The molecule has 1 aromatic rings. The fourth-order valence-corrected chi connectivity index (χ4v) is 3.22. The first-order chi connectivity index (χ1) is 9.33. The molecule has 2 aliphatic rings. The maximum Gasteiger partial charge on any atom is 0.0223 e. The zero-order valence-electron chi connectivity index (χ0n) is 12.0. The second-order valence-electron chi connectivity index (χ2n) is 6.27. The number of hydrogen-bond donors (Lipinski definition) is 1. The van der Waals surface area contributed by atoms with Crippen molar-refractivity contribution in [2.24, 2.45) is 5.92 Å². The van der Waals surface area contributed by atoms with Crippen LogP contribution in [0.2, 0.25) is 0 Å². The zero-order chi connectivity index (χ0) is 13.1. The summed E-state index contributed by atoms with van der Waals surface area (Å²) >= 11 is 0. The highest BCUT2D eigenvalue weighted by atomic mass is 15.2. The molecule has 1 heterocycles. The van der Waals surface area contributed by atoms with Crippen LogP contribution in [0.3, 0.4) is 0 Å². The molecule has 0 spiro atoms. The summed E-state index contributed by atoms with van der Waals surface area (Å²) in [4.78, 5) is 2.70. The number of rotatable bonds is 5. The number of benzene rings is 1. The first-order valence-corrected chi connectivity index (χ1v) is 7.84. The average Bonchev–Trinajstić information content (AvgIpc) is 3.31. The lowest BCUT2D eigenvalue weighted by atomic mass is 10.0. The fraction of sp³-hybridized carbons (Fsp3) is 0.647. The molecule has 104 valence electrons. The molecule has 2 heteroatoms. The van der Waals surface area contributed by atoms with Gasteiger partial charge in [-0.05, 0) is 44.1 Å². The van der Waals surface area contributed by atoms with E-state index >= 15 is 0 Å². The van der Waals surface area contributed by atoms with Crippen molar-refractivity contribution in [3.05, 3.63) is 35.9 Å². The molecule has 1 aromatic carbocycles. The Hall–Kier alpha value is -0.860. The van der Waals surface area contributed by atoms with Gasteiger partial charge in [0.05, 0.1) is 0 Å². The Morgan fingerprint density at radius 1 is 1.26 bits per heavy atom. The van der Waals surface area contributed by atoms with Crippen LogP contribution in [-0.4, -0.2) is 36.6 Å². The van der Waals surface area contributed by atoms with Crippen LogP contribution >= 0.6 is 0 Å². The number of hydrogen-bond acceptors (Lipinski definition) is 2.